The summed E-state index contributed by atoms with van der Waals surface area (Å²) in [6, 6.07) is 7.95. The number of benzene rings is 1. The second-order valence-electron chi connectivity index (χ2n) is 5.94. The summed E-state index contributed by atoms with van der Waals surface area (Å²) in [7, 11) is 0. The molecule has 0 amide bonds. The van der Waals surface area contributed by atoms with E-state index in [1.165, 1.54) is 5.56 Å². The minimum atomic E-state index is -0.808. The van der Waals surface area contributed by atoms with Crippen LogP contribution in [0.3, 0.4) is 0 Å². The summed E-state index contributed by atoms with van der Waals surface area (Å²) in [5.41, 5.74) is 8.22. The van der Waals surface area contributed by atoms with Gasteiger partial charge in [-0.05, 0) is 23.5 Å². The lowest BCUT2D eigenvalue weighted by Gasteiger charge is -2.22. The molecular formula is C15H23NO2. The molecule has 0 aliphatic heterocycles. The van der Waals surface area contributed by atoms with Crippen molar-refractivity contribution in [3.05, 3.63) is 35.4 Å². The average Bonchev–Trinajstić information content (AvgIpc) is 2.24. The summed E-state index contributed by atoms with van der Waals surface area (Å²) >= 11 is 0. The first-order valence-corrected chi connectivity index (χ1v) is 6.29. The SMILES string of the molecule is CC(N)C(CC(=O)O)c1ccc(C(C)(C)C)cc1. The molecule has 100 valence electrons. The van der Waals surface area contributed by atoms with Crippen molar-refractivity contribution in [2.75, 3.05) is 0 Å². The summed E-state index contributed by atoms with van der Waals surface area (Å²) in [6.07, 6.45) is 0.0759. The molecule has 2 atom stereocenters. The van der Waals surface area contributed by atoms with Crippen LogP contribution in [-0.4, -0.2) is 17.1 Å². The van der Waals surface area contributed by atoms with Crippen LogP contribution in [0.15, 0.2) is 24.3 Å². The molecule has 1 aromatic rings. The summed E-state index contributed by atoms with van der Waals surface area (Å²) in [6.45, 7) is 8.32. The van der Waals surface area contributed by atoms with E-state index in [1.807, 2.05) is 19.1 Å². The molecule has 0 fully saturated rings. The van der Waals surface area contributed by atoms with E-state index in [2.05, 4.69) is 32.9 Å². The number of carbonyl (C=O) groups is 1. The first-order valence-electron chi connectivity index (χ1n) is 6.29. The van der Waals surface area contributed by atoms with Gasteiger partial charge in [0.25, 0.3) is 0 Å². The van der Waals surface area contributed by atoms with Gasteiger partial charge in [0.2, 0.25) is 0 Å². The van der Waals surface area contributed by atoms with Crippen molar-refractivity contribution in [2.24, 2.45) is 5.73 Å². The fourth-order valence-corrected chi connectivity index (χ4v) is 2.03. The van der Waals surface area contributed by atoms with Crippen molar-refractivity contribution in [2.45, 2.75) is 51.5 Å². The number of carboxylic acids is 1. The van der Waals surface area contributed by atoms with Crippen molar-refractivity contribution >= 4 is 5.97 Å². The number of carboxylic acid groups (broad SMARTS) is 1. The lowest BCUT2D eigenvalue weighted by atomic mass is 9.84. The molecule has 0 spiro atoms. The van der Waals surface area contributed by atoms with Gasteiger partial charge in [0.05, 0.1) is 6.42 Å². The predicted molar refractivity (Wildman–Crippen MR) is 73.8 cm³/mol. The van der Waals surface area contributed by atoms with E-state index in [9.17, 15) is 4.79 Å². The van der Waals surface area contributed by atoms with E-state index in [0.717, 1.165) is 5.56 Å². The van der Waals surface area contributed by atoms with Gasteiger partial charge in [0, 0.05) is 12.0 Å². The van der Waals surface area contributed by atoms with Gasteiger partial charge in [0.1, 0.15) is 0 Å². The van der Waals surface area contributed by atoms with Gasteiger partial charge < -0.3 is 10.8 Å². The first kappa shape index (κ1) is 14.7. The first-order chi connectivity index (χ1) is 8.21. The van der Waals surface area contributed by atoms with Crippen LogP contribution in [0.25, 0.3) is 0 Å². The third-order valence-corrected chi connectivity index (χ3v) is 3.23. The van der Waals surface area contributed by atoms with Crippen LogP contribution < -0.4 is 5.73 Å². The fourth-order valence-electron chi connectivity index (χ4n) is 2.03. The second-order valence-corrected chi connectivity index (χ2v) is 5.94. The highest BCUT2D eigenvalue weighted by molar-refractivity contribution is 5.68. The topological polar surface area (TPSA) is 63.3 Å². The molecule has 0 bridgehead atoms. The summed E-state index contributed by atoms with van der Waals surface area (Å²) in [5.74, 6) is -0.936. The highest BCUT2D eigenvalue weighted by Gasteiger charge is 2.20. The van der Waals surface area contributed by atoms with Gasteiger partial charge in [-0.25, -0.2) is 0 Å². The Bertz CT molecular complexity index is 401. The Morgan fingerprint density at radius 1 is 1.28 bits per heavy atom. The zero-order valence-electron chi connectivity index (χ0n) is 11.6. The molecule has 3 N–H and O–H groups in total. The highest BCUT2D eigenvalue weighted by Crippen LogP contribution is 2.27. The Balaban J connectivity index is 2.97. The number of hydrogen-bond acceptors (Lipinski definition) is 2. The van der Waals surface area contributed by atoms with E-state index >= 15 is 0 Å². The molecule has 3 heteroatoms. The summed E-state index contributed by atoms with van der Waals surface area (Å²) in [4.78, 5) is 10.9. The van der Waals surface area contributed by atoms with Crippen molar-refractivity contribution in [3.8, 4) is 0 Å². The van der Waals surface area contributed by atoms with Gasteiger partial charge in [0.15, 0.2) is 0 Å². The van der Waals surface area contributed by atoms with Gasteiger partial charge in [-0.2, -0.15) is 0 Å². The summed E-state index contributed by atoms with van der Waals surface area (Å²) in [5, 5.41) is 8.92. The highest BCUT2D eigenvalue weighted by atomic mass is 16.4. The molecule has 1 aromatic carbocycles. The van der Waals surface area contributed by atoms with E-state index < -0.39 is 5.97 Å². The largest absolute Gasteiger partial charge is 0.481 e. The zero-order valence-corrected chi connectivity index (χ0v) is 11.6. The fraction of sp³-hybridized carbons (Fsp3) is 0.533. The van der Waals surface area contributed by atoms with Crippen molar-refractivity contribution in [3.63, 3.8) is 0 Å². The van der Waals surface area contributed by atoms with Crippen LogP contribution in [0.1, 0.15) is 51.2 Å². The van der Waals surface area contributed by atoms with Crippen LogP contribution in [-0.2, 0) is 10.2 Å². The smallest absolute Gasteiger partial charge is 0.304 e. The Morgan fingerprint density at radius 3 is 2.11 bits per heavy atom. The molecule has 3 nitrogen and oxygen atoms in total. The van der Waals surface area contributed by atoms with Crippen LogP contribution in [0.4, 0.5) is 0 Å². The summed E-state index contributed by atoms with van der Waals surface area (Å²) < 4.78 is 0. The maximum Gasteiger partial charge on any atom is 0.304 e. The lowest BCUT2D eigenvalue weighted by molar-refractivity contribution is -0.137. The van der Waals surface area contributed by atoms with E-state index in [4.69, 9.17) is 10.8 Å². The molecular weight excluding hydrogens is 226 g/mol. The van der Waals surface area contributed by atoms with Gasteiger partial charge >= 0.3 is 5.97 Å². The van der Waals surface area contributed by atoms with Crippen molar-refractivity contribution < 1.29 is 9.90 Å². The molecule has 2 unspecified atom stereocenters. The Kier molecular flexibility index (Phi) is 4.52. The number of aliphatic carboxylic acids is 1. The molecule has 0 saturated heterocycles. The molecule has 0 aliphatic carbocycles. The van der Waals surface area contributed by atoms with Crippen LogP contribution in [0.5, 0.6) is 0 Å². The van der Waals surface area contributed by atoms with E-state index in [1.54, 1.807) is 0 Å². The molecule has 0 radical (unpaired) electrons. The van der Waals surface area contributed by atoms with Gasteiger partial charge in [-0.15, -0.1) is 0 Å². The number of rotatable bonds is 4. The van der Waals surface area contributed by atoms with Gasteiger partial charge in [-0.3, -0.25) is 4.79 Å². The average molecular weight is 249 g/mol. The van der Waals surface area contributed by atoms with E-state index in [-0.39, 0.29) is 23.8 Å². The van der Waals surface area contributed by atoms with Crippen LogP contribution >= 0.6 is 0 Å². The van der Waals surface area contributed by atoms with Crippen molar-refractivity contribution in [1.82, 2.24) is 0 Å². The van der Waals surface area contributed by atoms with Gasteiger partial charge in [-0.1, -0.05) is 45.0 Å². The van der Waals surface area contributed by atoms with E-state index in [0.29, 0.717) is 0 Å². The number of hydrogen-bond donors (Lipinski definition) is 2. The minimum absolute atomic E-state index is 0.0759. The van der Waals surface area contributed by atoms with Crippen LogP contribution in [0.2, 0.25) is 0 Å². The maximum absolute atomic E-state index is 10.9. The standard InChI is InChI=1S/C15H23NO2/c1-10(16)13(9-14(17)18)11-5-7-12(8-6-11)15(2,3)4/h5-8,10,13H,9,16H2,1-4H3,(H,17,18). The number of nitrogens with two attached hydrogens (primary N) is 1. The molecule has 0 heterocycles. The quantitative estimate of drug-likeness (QED) is 0.862. The Hall–Kier alpha value is -1.35. The van der Waals surface area contributed by atoms with Crippen LogP contribution in [0, 0.1) is 0 Å². The third kappa shape index (κ3) is 3.84. The molecule has 18 heavy (non-hydrogen) atoms. The zero-order chi connectivity index (χ0) is 13.9. The molecule has 1 rings (SSSR count). The maximum atomic E-state index is 10.9. The second kappa shape index (κ2) is 5.53. The molecule has 0 aromatic heterocycles. The predicted octanol–water partition coefficient (Wildman–Crippen LogP) is 2.89. The monoisotopic (exact) mass is 249 g/mol. The third-order valence-electron chi connectivity index (χ3n) is 3.23. The molecule has 0 aliphatic rings. The Morgan fingerprint density at radius 2 is 1.78 bits per heavy atom. The normalized spacial score (nSPS) is 15.2. The van der Waals surface area contributed by atoms with Crippen molar-refractivity contribution in [1.29, 1.82) is 0 Å². The Labute approximate surface area is 109 Å². The lowest BCUT2D eigenvalue weighted by Crippen LogP contribution is -2.27. The minimum Gasteiger partial charge on any atom is -0.481 e. The molecule has 0 saturated carbocycles.